The molecular weight excluding hydrogens is 388 g/mol. The summed E-state index contributed by atoms with van der Waals surface area (Å²) in [5.74, 6) is 0. The topological polar surface area (TPSA) is 25.8 Å². The Labute approximate surface area is 195 Å². The van der Waals surface area contributed by atoms with Gasteiger partial charge in [0, 0.05) is 5.56 Å². The summed E-state index contributed by atoms with van der Waals surface area (Å²) in [6.07, 6.45) is 20.4. The van der Waals surface area contributed by atoms with Crippen molar-refractivity contribution < 1.29 is 0 Å². The maximum absolute atomic E-state index is 4.89. The zero-order valence-corrected chi connectivity index (χ0v) is 20.4. The van der Waals surface area contributed by atoms with Crippen molar-refractivity contribution in [2.75, 3.05) is 0 Å². The first-order valence-electron chi connectivity index (χ1n) is 13.1. The van der Waals surface area contributed by atoms with Crippen LogP contribution in [0, 0.1) is 0 Å². The van der Waals surface area contributed by atoms with Gasteiger partial charge in [-0.3, -0.25) is 4.98 Å². The van der Waals surface area contributed by atoms with Crippen LogP contribution in [0.2, 0.25) is 0 Å². The molecule has 0 bridgehead atoms. The highest BCUT2D eigenvalue weighted by molar-refractivity contribution is 5.77. The molecule has 0 radical (unpaired) electrons. The zero-order chi connectivity index (χ0) is 22.4. The van der Waals surface area contributed by atoms with Crippen LogP contribution in [-0.2, 0) is 12.8 Å². The Morgan fingerprint density at radius 2 is 1.12 bits per heavy atom. The molecule has 172 valence electrons. The van der Waals surface area contributed by atoms with Crippen molar-refractivity contribution >= 4 is 11.0 Å². The van der Waals surface area contributed by atoms with Gasteiger partial charge in [0.05, 0.1) is 22.9 Å². The van der Waals surface area contributed by atoms with Crippen LogP contribution in [0.4, 0.5) is 0 Å². The Morgan fingerprint density at radius 3 is 1.78 bits per heavy atom. The number of aromatic nitrogens is 2. The van der Waals surface area contributed by atoms with Gasteiger partial charge in [-0.15, -0.1) is 0 Å². The van der Waals surface area contributed by atoms with E-state index in [0.717, 1.165) is 28.7 Å². The maximum atomic E-state index is 4.89. The second-order valence-electron chi connectivity index (χ2n) is 9.31. The van der Waals surface area contributed by atoms with Crippen molar-refractivity contribution in [2.45, 2.75) is 104 Å². The molecule has 1 heterocycles. The van der Waals surface area contributed by atoms with E-state index in [1.807, 2.05) is 6.20 Å². The Hall–Kier alpha value is -2.22. The summed E-state index contributed by atoms with van der Waals surface area (Å²) >= 11 is 0. The van der Waals surface area contributed by atoms with E-state index in [-0.39, 0.29) is 0 Å². The molecule has 0 saturated heterocycles. The number of rotatable bonds is 15. The molecule has 2 nitrogen and oxygen atoms in total. The highest BCUT2D eigenvalue weighted by atomic mass is 14.8. The SMILES string of the molecule is CCCCCCCCc1ccc(-c2cnc3cc(CCCCCCCC)ccc3n2)cc1. The third kappa shape index (κ3) is 8.04. The molecule has 3 aromatic rings. The molecule has 0 atom stereocenters. The molecule has 0 fully saturated rings. The van der Waals surface area contributed by atoms with Crippen molar-refractivity contribution in [3.05, 3.63) is 59.8 Å². The van der Waals surface area contributed by atoms with Crippen molar-refractivity contribution in [1.82, 2.24) is 9.97 Å². The first kappa shape index (κ1) is 24.4. The molecule has 2 aromatic carbocycles. The van der Waals surface area contributed by atoms with Crippen molar-refractivity contribution in [3.63, 3.8) is 0 Å². The largest absolute Gasteiger partial charge is 0.252 e. The quantitative estimate of drug-likeness (QED) is 0.225. The van der Waals surface area contributed by atoms with Gasteiger partial charge in [0.1, 0.15) is 0 Å². The van der Waals surface area contributed by atoms with Crippen LogP contribution in [0.1, 0.15) is 102 Å². The Kier molecular flexibility index (Phi) is 10.7. The van der Waals surface area contributed by atoms with Gasteiger partial charge in [-0.2, -0.15) is 0 Å². The van der Waals surface area contributed by atoms with E-state index >= 15 is 0 Å². The monoisotopic (exact) mass is 430 g/mol. The minimum atomic E-state index is 0.965. The Bertz CT molecular complexity index is 914. The highest BCUT2D eigenvalue weighted by Crippen LogP contribution is 2.22. The van der Waals surface area contributed by atoms with E-state index in [0.29, 0.717) is 0 Å². The zero-order valence-electron chi connectivity index (χ0n) is 20.4. The number of unbranched alkanes of at least 4 members (excludes halogenated alkanes) is 10. The van der Waals surface area contributed by atoms with Gasteiger partial charge in [0.25, 0.3) is 0 Å². The summed E-state index contributed by atoms with van der Waals surface area (Å²) in [6.45, 7) is 4.55. The molecule has 0 N–H and O–H groups in total. The second kappa shape index (κ2) is 14.0. The highest BCUT2D eigenvalue weighted by Gasteiger charge is 2.05. The van der Waals surface area contributed by atoms with Crippen molar-refractivity contribution in [3.8, 4) is 11.3 Å². The number of hydrogen-bond acceptors (Lipinski definition) is 2. The van der Waals surface area contributed by atoms with Crippen LogP contribution in [0.3, 0.4) is 0 Å². The molecule has 0 amide bonds. The number of hydrogen-bond donors (Lipinski definition) is 0. The third-order valence-electron chi connectivity index (χ3n) is 6.49. The van der Waals surface area contributed by atoms with Gasteiger partial charge >= 0.3 is 0 Å². The Morgan fingerprint density at radius 1 is 0.562 bits per heavy atom. The minimum Gasteiger partial charge on any atom is -0.252 e. The van der Waals surface area contributed by atoms with Crippen LogP contribution in [0.5, 0.6) is 0 Å². The maximum Gasteiger partial charge on any atom is 0.0894 e. The lowest BCUT2D eigenvalue weighted by Crippen LogP contribution is -1.92. The molecule has 3 rings (SSSR count). The molecule has 0 unspecified atom stereocenters. The molecule has 2 heteroatoms. The summed E-state index contributed by atoms with van der Waals surface area (Å²) in [5.41, 5.74) is 6.93. The first-order chi connectivity index (χ1) is 15.8. The van der Waals surface area contributed by atoms with E-state index in [1.165, 1.54) is 94.6 Å². The summed E-state index contributed by atoms with van der Waals surface area (Å²) in [6, 6.07) is 15.5. The molecule has 1 aromatic heterocycles. The molecule has 32 heavy (non-hydrogen) atoms. The predicted octanol–water partition coefficient (Wildman–Crippen LogP) is 9.10. The molecular formula is C30H42N2. The van der Waals surface area contributed by atoms with Crippen LogP contribution >= 0.6 is 0 Å². The average Bonchev–Trinajstić information content (AvgIpc) is 2.83. The lowest BCUT2D eigenvalue weighted by atomic mass is 10.0. The standard InChI is InChI=1S/C30H42N2/c1-3-5-7-9-11-13-15-25-17-20-27(21-18-25)30-24-31-29-23-26(19-22-28(29)32-30)16-14-12-10-8-6-4-2/h17-24H,3-16H2,1-2H3. The van der Waals surface area contributed by atoms with Crippen LogP contribution in [0.25, 0.3) is 22.3 Å². The van der Waals surface area contributed by atoms with Gasteiger partial charge in [0.15, 0.2) is 0 Å². The van der Waals surface area contributed by atoms with Gasteiger partial charge in [-0.05, 0) is 48.9 Å². The fraction of sp³-hybridized carbons (Fsp3) is 0.533. The smallest absolute Gasteiger partial charge is 0.0894 e. The summed E-state index contributed by atoms with van der Waals surface area (Å²) in [5, 5.41) is 0. The lowest BCUT2D eigenvalue weighted by molar-refractivity contribution is 0.607. The molecule has 0 aliphatic heterocycles. The predicted molar refractivity (Wildman–Crippen MR) is 139 cm³/mol. The van der Waals surface area contributed by atoms with E-state index in [2.05, 4.69) is 56.3 Å². The molecule has 0 saturated carbocycles. The van der Waals surface area contributed by atoms with Gasteiger partial charge in [-0.25, -0.2) is 4.98 Å². The third-order valence-corrected chi connectivity index (χ3v) is 6.49. The normalized spacial score (nSPS) is 11.3. The lowest BCUT2D eigenvalue weighted by Gasteiger charge is -2.07. The second-order valence-corrected chi connectivity index (χ2v) is 9.31. The Balaban J connectivity index is 1.51. The molecule has 0 aliphatic rings. The van der Waals surface area contributed by atoms with Gasteiger partial charge < -0.3 is 0 Å². The number of benzene rings is 2. The van der Waals surface area contributed by atoms with Crippen LogP contribution < -0.4 is 0 Å². The van der Waals surface area contributed by atoms with Crippen molar-refractivity contribution in [1.29, 1.82) is 0 Å². The van der Waals surface area contributed by atoms with E-state index in [4.69, 9.17) is 9.97 Å². The van der Waals surface area contributed by atoms with Crippen LogP contribution in [-0.4, -0.2) is 9.97 Å². The van der Waals surface area contributed by atoms with E-state index in [1.54, 1.807) is 0 Å². The molecule has 0 spiro atoms. The van der Waals surface area contributed by atoms with Crippen LogP contribution in [0.15, 0.2) is 48.7 Å². The average molecular weight is 431 g/mol. The summed E-state index contributed by atoms with van der Waals surface area (Å²) in [4.78, 5) is 9.62. The fourth-order valence-electron chi connectivity index (χ4n) is 4.41. The van der Waals surface area contributed by atoms with E-state index < -0.39 is 0 Å². The van der Waals surface area contributed by atoms with Gasteiger partial charge in [-0.1, -0.05) is 108 Å². The summed E-state index contributed by atoms with van der Waals surface area (Å²) < 4.78 is 0. The minimum absolute atomic E-state index is 0.965. The fourth-order valence-corrected chi connectivity index (χ4v) is 4.41. The number of fused-ring (bicyclic) bond motifs is 1. The van der Waals surface area contributed by atoms with Gasteiger partial charge in [0.2, 0.25) is 0 Å². The summed E-state index contributed by atoms with van der Waals surface area (Å²) in [7, 11) is 0. The first-order valence-corrected chi connectivity index (χ1v) is 13.1. The molecule has 0 aliphatic carbocycles. The number of nitrogens with zero attached hydrogens (tertiary/aromatic N) is 2. The number of aryl methyl sites for hydroxylation is 2. The van der Waals surface area contributed by atoms with E-state index in [9.17, 15) is 0 Å². The van der Waals surface area contributed by atoms with Crippen molar-refractivity contribution in [2.24, 2.45) is 0 Å².